The number of nitrogens with zero attached hydrogens (tertiary/aromatic N) is 1. The number of hydrogen-bond acceptors (Lipinski definition) is 1. The van der Waals surface area contributed by atoms with Gasteiger partial charge in [0.05, 0.1) is 27.9 Å². The molecule has 0 saturated carbocycles. The first kappa shape index (κ1) is 20.7. The molecule has 0 bridgehead atoms. The van der Waals surface area contributed by atoms with E-state index in [9.17, 15) is 0 Å². The summed E-state index contributed by atoms with van der Waals surface area (Å²) in [4.78, 5) is 0. The van der Waals surface area contributed by atoms with Gasteiger partial charge in [-0.15, -0.1) is 0 Å². The summed E-state index contributed by atoms with van der Waals surface area (Å²) < 4.78 is 2.30. The number of hydrogen-bond donors (Lipinski definition) is 0. The largest absolute Gasteiger partial charge is 0.297 e. The van der Waals surface area contributed by atoms with Gasteiger partial charge in [0.2, 0.25) is 0 Å². The van der Waals surface area contributed by atoms with Crippen LogP contribution in [0.4, 0.5) is 5.69 Å². The van der Waals surface area contributed by atoms with Crippen LogP contribution in [0.5, 0.6) is 0 Å². The van der Waals surface area contributed by atoms with Gasteiger partial charge in [-0.3, -0.25) is 3.93 Å². The van der Waals surface area contributed by atoms with Crippen molar-refractivity contribution in [2.75, 3.05) is 3.93 Å². The van der Waals surface area contributed by atoms with Crippen LogP contribution < -0.4 is 3.93 Å². The number of fused-ring (bicyclic) bond motifs is 4. The zero-order chi connectivity index (χ0) is 22.7. The molecular weight excluding hydrogens is 466 g/mol. The van der Waals surface area contributed by atoms with Crippen molar-refractivity contribution < 1.29 is 0 Å². The minimum Gasteiger partial charge on any atom is -0.297 e. The monoisotopic (exact) mass is 493 g/mol. The molecule has 0 spiro atoms. The third kappa shape index (κ3) is 3.19. The zero-order valence-electron chi connectivity index (χ0n) is 19.4. The van der Waals surface area contributed by atoms with E-state index in [2.05, 4.69) is 120 Å². The predicted molar refractivity (Wildman–Crippen MR) is 145 cm³/mol. The molecule has 1 aliphatic heterocycles. The van der Waals surface area contributed by atoms with Gasteiger partial charge >= 0.3 is 0 Å². The number of halogens is 1. The van der Waals surface area contributed by atoms with Crippen LogP contribution in [0, 0.1) is 6.92 Å². The second-order valence-electron chi connectivity index (χ2n) is 9.61. The third-order valence-electron chi connectivity index (χ3n) is 7.81. The lowest BCUT2D eigenvalue weighted by atomic mass is 9.89. The van der Waals surface area contributed by atoms with Crippen molar-refractivity contribution in [3.8, 4) is 0 Å². The van der Waals surface area contributed by atoms with Crippen LogP contribution in [0.25, 0.3) is 17.2 Å². The molecule has 0 N–H and O–H groups in total. The van der Waals surface area contributed by atoms with Crippen molar-refractivity contribution in [1.29, 1.82) is 0 Å². The molecular formula is C31H28BrN. The lowest BCUT2D eigenvalue weighted by molar-refractivity contribution is 0.742. The number of aryl methyl sites for hydroxylation is 2. The molecule has 3 aromatic rings. The first-order valence-electron chi connectivity index (χ1n) is 11.9. The van der Waals surface area contributed by atoms with E-state index < -0.39 is 0 Å². The molecule has 3 aromatic carbocycles. The smallest absolute Gasteiger partial charge is 0.0882 e. The molecule has 1 nitrogen and oxygen atoms in total. The second-order valence-corrected chi connectivity index (χ2v) is 10.4. The summed E-state index contributed by atoms with van der Waals surface area (Å²) in [6.07, 6.45) is 6.91. The minimum absolute atomic E-state index is 0.273. The first-order chi connectivity index (χ1) is 16.0. The van der Waals surface area contributed by atoms with E-state index in [1.807, 2.05) is 0 Å². The number of anilines is 1. The Balaban J connectivity index is 1.39. The standard InChI is InChI=1S/C31H28BrN/c1-19-17-28-27(18-25(19)16-15-23-14-13-22-9-7-8-12-26(22)23)30-29(24-10-5-4-6-11-24)20(2)21(3)31(30)33(28)32/h4-14,17-18,23,31H,15-16H2,1-3H3. The second kappa shape index (κ2) is 7.88. The van der Waals surface area contributed by atoms with Crippen molar-refractivity contribution in [1.82, 2.24) is 0 Å². The molecule has 1 heterocycles. The molecule has 33 heavy (non-hydrogen) atoms. The fourth-order valence-electron chi connectivity index (χ4n) is 5.92. The molecule has 164 valence electrons. The molecule has 0 radical (unpaired) electrons. The maximum Gasteiger partial charge on any atom is 0.0882 e. The summed E-state index contributed by atoms with van der Waals surface area (Å²) in [6, 6.07) is 24.8. The highest BCUT2D eigenvalue weighted by atomic mass is 79.9. The van der Waals surface area contributed by atoms with E-state index in [4.69, 9.17) is 0 Å². The number of benzene rings is 3. The SMILES string of the molecule is CC1=C(C)C2C(=C1c1ccccc1)c1cc(CCC3C=Cc4ccccc43)c(C)cc1N2Br. The maximum atomic E-state index is 3.94. The molecule has 2 aliphatic carbocycles. The molecule has 0 saturated heterocycles. The summed E-state index contributed by atoms with van der Waals surface area (Å²) in [7, 11) is 0. The van der Waals surface area contributed by atoms with E-state index in [1.54, 1.807) is 0 Å². The number of rotatable bonds is 4. The van der Waals surface area contributed by atoms with Crippen LogP contribution in [-0.4, -0.2) is 6.04 Å². The summed E-state index contributed by atoms with van der Waals surface area (Å²) >= 11 is 3.94. The van der Waals surface area contributed by atoms with Crippen molar-refractivity contribution in [2.45, 2.75) is 45.6 Å². The van der Waals surface area contributed by atoms with Crippen molar-refractivity contribution in [2.24, 2.45) is 0 Å². The van der Waals surface area contributed by atoms with E-state index in [-0.39, 0.29) is 6.04 Å². The van der Waals surface area contributed by atoms with Gasteiger partial charge in [0.1, 0.15) is 0 Å². The predicted octanol–water partition coefficient (Wildman–Crippen LogP) is 8.50. The molecule has 0 amide bonds. The van der Waals surface area contributed by atoms with Gasteiger partial charge in [-0.1, -0.05) is 66.7 Å². The van der Waals surface area contributed by atoms with E-state index in [0.29, 0.717) is 5.92 Å². The average Bonchev–Trinajstić information content (AvgIpc) is 3.45. The van der Waals surface area contributed by atoms with Gasteiger partial charge < -0.3 is 0 Å². The molecule has 6 rings (SSSR count). The van der Waals surface area contributed by atoms with Gasteiger partial charge in [0, 0.05) is 11.5 Å². The summed E-state index contributed by atoms with van der Waals surface area (Å²) in [5, 5.41) is 0. The minimum atomic E-state index is 0.273. The Bertz CT molecular complexity index is 1360. The van der Waals surface area contributed by atoms with Crippen LogP contribution in [0.1, 0.15) is 59.6 Å². The highest BCUT2D eigenvalue weighted by Crippen LogP contribution is 2.55. The van der Waals surface area contributed by atoms with Crippen LogP contribution >= 0.6 is 16.1 Å². The van der Waals surface area contributed by atoms with Crippen molar-refractivity contribution in [3.05, 3.63) is 117 Å². The lowest BCUT2D eigenvalue weighted by Gasteiger charge is -2.20. The Morgan fingerprint density at radius 2 is 1.67 bits per heavy atom. The summed E-state index contributed by atoms with van der Waals surface area (Å²) in [5.74, 6) is 0.519. The third-order valence-corrected chi connectivity index (χ3v) is 8.60. The molecule has 2 heteroatoms. The zero-order valence-corrected chi connectivity index (χ0v) is 21.0. The molecule has 0 fully saturated rings. The quantitative estimate of drug-likeness (QED) is 0.329. The van der Waals surface area contributed by atoms with Crippen LogP contribution in [0.15, 0.2) is 84.0 Å². The van der Waals surface area contributed by atoms with Crippen LogP contribution in [0.2, 0.25) is 0 Å². The Morgan fingerprint density at radius 3 is 2.48 bits per heavy atom. The molecule has 2 atom stereocenters. The summed E-state index contributed by atoms with van der Waals surface area (Å²) in [6.45, 7) is 6.83. The fourth-order valence-corrected chi connectivity index (χ4v) is 6.73. The summed E-state index contributed by atoms with van der Waals surface area (Å²) in [5.41, 5.74) is 15.4. The van der Waals surface area contributed by atoms with E-state index >= 15 is 0 Å². The van der Waals surface area contributed by atoms with Gasteiger partial charge in [-0.05, 0) is 95.9 Å². The van der Waals surface area contributed by atoms with Gasteiger partial charge in [0.15, 0.2) is 0 Å². The average molecular weight is 494 g/mol. The maximum absolute atomic E-state index is 3.94. The first-order valence-corrected chi connectivity index (χ1v) is 12.6. The van der Waals surface area contributed by atoms with Crippen molar-refractivity contribution in [3.63, 3.8) is 0 Å². The molecule has 2 unspecified atom stereocenters. The van der Waals surface area contributed by atoms with Gasteiger partial charge in [-0.2, -0.15) is 0 Å². The van der Waals surface area contributed by atoms with Gasteiger partial charge in [0.25, 0.3) is 0 Å². The van der Waals surface area contributed by atoms with E-state index in [0.717, 1.165) is 12.8 Å². The Hall–Kier alpha value is -2.84. The highest BCUT2D eigenvalue weighted by molar-refractivity contribution is 9.10. The highest BCUT2D eigenvalue weighted by Gasteiger charge is 2.41. The molecule has 3 aliphatic rings. The fraction of sp³-hybridized carbons (Fsp3) is 0.226. The molecule has 0 aromatic heterocycles. The van der Waals surface area contributed by atoms with Crippen LogP contribution in [-0.2, 0) is 6.42 Å². The van der Waals surface area contributed by atoms with Gasteiger partial charge in [-0.25, -0.2) is 0 Å². The Labute approximate surface area is 205 Å². The topological polar surface area (TPSA) is 3.24 Å². The lowest BCUT2D eigenvalue weighted by Crippen LogP contribution is -2.21. The Morgan fingerprint density at radius 1 is 0.909 bits per heavy atom. The van der Waals surface area contributed by atoms with Crippen molar-refractivity contribution >= 4 is 39.1 Å². The number of allylic oxidation sites excluding steroid dienone is 3. The van der Waals surface area contributed by atoms with E-state index in [1.165, 1.54) is 61.4 Å². The normalized spacial score (nSPS) is 20.5. The van der Waals surface area contributed by atoms with Crippen LogP contribution in [0.3, 0.4) is 0 Å². The Kier molecular flexibility index (Phi) is 4.96.